The van der Waals surface area contributed by atoms with Gasteiger partial charge in [-0.3, -0.25) is 4.99 Å². The minimum atomic E-state index is -0.766. The van der Waals surface area contributed by atoms with Crippen molar-refractivity contribution in [2.45, 2.75) is 25.5 Å². The van der Waals surface area contributed by atoms with E-state index in [1.165, 1.54) is 6.21 Å². The number of nitrogens with zero attached hydrogens (tertiary/aromatic N) is 1. The van der Waals surface area contributed by atoms with Gasteiger partial charge in [0.15, 0.2) is 0 Å². The van der Waals surface area contributed by atoms with Gasteiger partial charge in [0.1, 0.15) is 6.61 Å². The lowest BCUT2D eigenvalue weighted by Gasteiger charge is -2.30. The van der Waals surface area contributed by atoms with Gasteiger partial charge in [-0.1, -0.05) is 78.9 Å². The van der Waals surface area contributed by atoms with Crippen LogP contribution in [-0.2, 0) is 22.6 Å². The fourth-order valence-electron chi connectivity index (χ4n) is 4.07. The quantitative estimate of drug-likeness (QED) is 0.191. The number of amides is 2. The molecular formula is C29H27ClN4O3. The Morgan fingerprint density at radius 1 is 1.08 bits per heavy atom. The average molecular weight is 515 g/mol. The summed E-state index contributed by atoms with van der Waals surface area (Å²) in [5.41, 5.74) is 10.4. The van der Waals surface area contributed by atoms with E-state index in [1.807, 2.05) is 54.6 Å². The Balaban J connectivity index is 1.69. The van der Waals surface area contributed by atoms with Crippen LogP contribution in [-0.4, -0.2) is 18.2 Å². The highest BCUT2D eigenvalue weighted by Gasteiger charge is 2.34. The molecule has 1 aliphatic rings. The summed E-state index contributed by atoms with van der Waals surface area (Å²) in [4.78, 5) is 30.4. The van der Waals surface area contributed by atoms with Crippen molar-refractivity contribution in [3.63, 3.8) is 0 Å². The molecule has 0 saturated carbocycles. The first kappa shape index (κ1) is 25.7. The molecule has 3 aromatic rings. The van der Waals surface area contributed by atoms with E-state index in [4.69, 9.17) is 22.1 Å². The predicted octanol–water partition coefficient (Wildman–Crippen LogP) is 5.79. The smallest absolute Gasteiger partial charge is 0.338 e. The number of nitrogens with two attached hydrogens (primary N) is 1. The standard InChI is InChI=1S/C29H27ClN4O3/c1-2-16-32-24-14-13-21(17-23(24)31)27-26(28(35)37-18-19-8-4-3-5-9-19)25(33-29(36)34-27)15-12-20-10-6-7-11-22(20)30/h2-11,13-14,16-17,27H,1,12,15,18,31H2,(H2,33,34,36). The van der Waals surface area contributed by atoms with Gasteiger partial charge in [-0.15, -0.1) is 0 Å². The molecule has 188 valence electrons. The molecule has 0 aromatic heterocycles. The normalized spacial score (nSPS) is 15.3. The first-order valence-electron chi connectivity index (χ1n) is 11.8. The number of carbonyl (C=O) groups excluding carboxylic acids is 2. The SMILES string of the molecule is C=CC=Nc1ccc(C2NC(=O)NC(CCc3ccccc3Cl)=C2C(=O)OCc2ccccc2)cc1N. The molecule has 0 radical (unpaired) electrons. The fraction of sp³-hybridized carbons (Fsp3) is 0.138. The lowest BCUT2D eigenvalue weighted by atomic mass is 9.92. The third-order valence-corrected chi connectivity index (χ3v) is 6.26. The minimum absolute atomic E-state index is 0.0962. The first-order valence-corrected chi connectivity index (χ1v) is 12.1. The predicted molar refractivity (Wildman–Crippen MR) is 147 cm³/mol. The summed E-state index contributed by atoms with van der Waals surface area (Å²) < 4.78 is 5.69. The van der Waals surface area contributed by atoms with E-state index in [-0.39, 0.29) is 6.61 Å². The highest BCUT2D eigenvalue weighted by Crippen LogP contribution is 2.33. The Morgan fingerprint density at radius 3 is 2.57 bits per heavy atom. The molecule has 1 atom stereocenters. The number of carbonyl (C=O) groups is 2. The number of aliphatic imine (C=N–C) groups is 1. The monoisotopic (exact) mass is 514 g/mol. The van der Waals surface area contributed by atoms with Crippen molar-refractivity contribution in [1.82, 2.24) is 10.6 Å². The second-order valence-electron chi connectivity index (χ2n) is 8.41. The largest absolute Gasteiger partial charge is 0.457 e. The topological polar surface area (TPSA) is 106 Å². The van der Waals surface area contributed by atoms with Crippen LogP contribution in [0.4, 0.5) is 16.2 Å². The Bertz CT molecular complexity index is 1370. The number of urea groups is 1. The summed E-state index contributed by atoms with van der Waals surface area (Å²) in [6.07, 6.45) is 3.99. The van der Waals surface area contributed by atoms with E-state index in [0.29, 0.717) is 46.1 Å². The number of benzene rings is 3. The zero-order chi connectivity index (χ0) is 26.2. The molecule has 0 aliphatic carbocycles. The molecule has 0 saturated heterocycles. The molecule has 2 amide bonds. The van der Waals surface area contributed by atoms with Crippen molar-refractivity contribution in [2.75, 3.05) is 5.73 Å². The second kappa shape index (κ2) is 12.1. The molecule has 37 heavy (non-hydrogen) atoms. The third kappa shape index (κ3) is 6.45. The van der Waals surface area contributed by atoms with Crippen LogP contribution >= 0.6 is 11.6 Å². The van der Waals surface area contributed by atoms with Gasteiger partial charge in [0.2, 0.25) is 0 Å². The van der Waals surface area contributed by atoms with E-state index in [9.17, 15) is 9.59 Å². The lowest BCUT2D eigenvalue weighted by Crippen LogP contribution is -2.46. The number of hydrogen-bond donors (Lipinski definition) is 3. The van der Waals surface area contributed by atoms with Gasteiger partial charge in [0.25, 0.3) is 0 Å². The van der Waals surface area contributed by atoms with Gasteiger partial charge in [0.05, 0.1) is 23.0 Å². The van der Waals surface area contributed by atoms with Crippen molar-refractivity contribution in [3.8, 4) is 0 Å². The molecule has 0 bridgehead atoms. The van der Waals surface area contributed by atoms with Gasteiger partial charge < -0.3 is 21.1 Å². The van der Waals surface area contributed by atoms with Crippen LogP contribution in [0.1, 0.15) is 29.2 Å². The van der Waals surface area contributed by atoms with Crippen LogP contribution in [0.3, 0.4) is 0 Å². The number of allylic oxidation sites excluding steroid dienone is 2. The van der Waals surface area contributed by atoms with E-state index in [0.717, 1.165) is 11.1 Å². The maximum absolute atomic E-state index is 13.5. The second-order valence-corrected chi connectivity index (χ2v) is 8.82. The minimum Gasteiger partial charge on any atom is -0.457 e. The van der Waals surface area contributed by atoms with E-state index < -0.39 is 18.0 Å². The molecular weight excluding hydrogens is 488 g/mol. The first-order chi connectivity index (χ1) is 18.0. The number of halogens is 1. The molecule has 8 heteroatoms. The van der Waals surface area contributed by atoms with Crippen LogP contribution in [0.15, 0.2) is 102 Å². The molecule has 7 nitrogen and oxygen atoms in total. The van der Waals surface area contributed by atoms with Crippen molar-refractivity contribution < 1.29 is 14.3 Å². The van der Waals surface area contributed by atoms with Crippen LogP contribution in [0.2, 0.25) is 5.02 Å². The van der Waals surface area contributed by atoms with Gasteiger partial charge in [-0.05, 0) is 47.7 Å². The molecule has 0 spiro atoms. The summed E-state index contributed by atoms with van der Waals surface area (Å²) in [6, 6.07) is 20.9. The maximum Gasteiger partial charge on any atom is 0.338 e. The van der Waals surface area contributed by atoms with Crippen LogP contribution in [0, 0.1) is 0 Å². The molecule has 3 aromatic carbocycles. The highest BCUT2D eigenvalue weighted by atomic mass is 35.5. The number of esters is 1. The van der Waals surface area contributed by atoms with Gasteiger partial charge in [-0.2, -0.15) is 0 Å². The Morgan fingerprint density at radius 2 is 1.84 bits per heavy atom. The third-order valence-electron chi connectivity index (χ3n) is 5.89. The highest BCUT2D eigenvalue weighted by molar-refractivity contribution is 6.31. The zero-order valence-corrected chi connectivity index (χ0v) is 20.9. The molecule has 1 unspecified atom stereocenters. The average Bonchev–Trinajstić information content (AvgIpc) is 2.91. The summed E-state index contributed by atoms with van der Waals surface area (Å²) >= 11 is 6.34. The number of rotatable bonds is 9. The number of anilines is 1. The van der Waals surface area contributed by atoms with Crippen LogP contribution in [0.5, 0.6) is 0 Å². The van der Waals surface area contributed by atoms with Crippen molar-refractivity contribution in [1.29, 1.82) is 0 Å². The van der Waals surface area contributed by atoms with Crippen molar-refractivity contribution in [2.24, 2.45) is 4.99 Å². The van der Waals surface area contributed by atoms with E-state index >= 15 is 0 Å². The number of ether oxygens (including phenoxy) is 1. The Labute approximate surface area is 220 Å². The van der Waals surface area contributed by atoms with Gasteiger partial charge >= 0.3 is 12.0 Å². The zero-order valence-electron chi connectivity index (χ0n) is 20.1. The summed E-state index contributed by atoms with van der Waals surface area (Å²) in [6.45, 7) is 3.71. The number of nitrogens with one attached hydrogen (secondary N) is 2. The molecule has 4 N–H and O–H groups in total. The summed E-state index contributed by atoms with van der Waals surface area (Å²) in [5, 5.41) is 6.28. The van der Waals surface area contributed by atoms with E-state index in [2.05, 4.69) is 22.2 Å². The van der Waals surface area contributed by atoms with Crippen LogP contribution in [0.25, 0.3) is 0 Å². The summed E-state index contributed by atoms with van der Waals surface area (Å²) in [7, 11) is 0. The Kier molecular flexibility index (Phi) is 8.38. The van der Waals surface area contributed by atoms with Crippen molar-refractivity contribution in [3.05, 3.63) is 118 Å². The molecule has 1 heterocycles. The van der Waals surface area contributed by atoms with Crippen LogP contribution < -0.4 is 16.4 Å². The summed E-state index contributed by atoms with van der Waals surface area (Å²) in [5.74, 6) is -0.539. The maximum atomic E-state index is 13.5. The fourth-order valence-corrected chi connectivity index (χ4v) is 4.30. The number of aryl methyl sites for hydroxylation is 1. The van der Waals surface area contributed by atoms with Crippen molar-refractivity contribution >= 4 is 41.2 Å². The Hall–Kier alpha value is -4.36. The van der Waals surface area contributed by atoms with E-state index in [1.54, 1.807) is 24.3 Å². The number of hydrogen-bond acceptors (Lipinski definition) is 5. The van der Waals surface area contributed by atoms with Gasteiger partial charge in [0, 0.05) is 16.9 Å². The molecule has 0 fully saturated rings. The van der Waals surface area contributed by atoms with Gasteiger partial charge in [-0.25, -0.2) is 9.59 Å². The molecule has 4 rings (SSSR count). The molecule has 1 aliphatic heterocycles. The number of nitrogen functional groups attached to an aromatic ring is 1. The lowest BCUT2D eigenvalue weighted by molar-refractivity contribution is -0.140.